The molecule has 2 rings (SSSR count). The normalized spacial score (nSPS) is 15.0. The van der Waals surface area contributed by atoms with E-state index in [0.29, 0.717) is 19.5 Å². The minimum absolute atomic E-state index is 0.0709. The summed E-state index contributed by atoms with van der Waals surface area (Å²) in [6.07, 6.45) is 4.02. The van der Waals surface area contributed by atoms with Gasteiger partial charge < -0.3 is 15.0 Å². The van der Waals surface area contributed by atoms with Gasteiger partial charge in [-0.2, -0.15) is 0 Å². The lowest BCUT2D eigenvalue weighted by atomic mass is 10.0. The van der Waals surface area contributed by atoms with Gasteiger partial charge in [0.2, 0.25) is 5.91 Å². The van der Waals surface area contributed by atoms with Crippen LogP contribution in [-0.4, -0.2) is 42.6 Å². The molecule has 1 aromatic carbocycles. The maximum absolute atomic E-state index is 12.0. The SMILES string of the molecule is C=CCOC(=O)N1CCC(NC(=O)CCc2ccccc2)CC1. The number of rotatable bonds is 6. The number of hydrogen-bond acceptors (Lipinski definition) is 3. The van der Waals surface area contributed by atoms with Crippen LogP contribution in [0.3, 0.4) is 0 Å². The fourth-order valence-electron chi connectivity index (χ4n) is 2.63. The van der Waals surface area contributed by atoms with Crippen LogP contribution in [0.15, 0.2) is 43.0 Å². The Kier molecular flexibility index (Phi) is 6.66. The van der Waals surface area contributed by atoms with Crippen LogP contribution in [0.25, 0.3) is 0 Å². The number of carbonyl (C=O) groups is 2. The summed E-state index contributed by atoms with van der Waals surface area (Å²) in [4.78, 5) is 25.4. The zero-order valence-electron chi connectivity index (χ0n) is 13.4. The second-order valence-corrected chi connectivity index (χ2v) is 5.68. The number of benzene rings is 1. The average molecular weight is 316 g/mol. The highest BCUT2D eigenvalue weighted by molar-refractivity contribution is 5.76. The molecule has 0 atom stereocenters. The van der Waals surface area contributed by atoms with Gasteiger partial charge in [0.15, 0.2) is 0 Å². The molecule has 0 bridgehead atoms. The zero-order valence-corrected chi connectivity index (χ0v) is 13.4. The number of likely N-dealkylation sites (tertiary alicyclic amines) is 1. The van der Waals surface area contributed by atoms with Crippen molar-refractivity contribution in [3.8, 4) is 0 Å². The lowest BCUT2D eigenvalue weighted by Gasteiger charge is -2.31. The molecule has 1 heterocycles. The van der Waals surface area contributed by atoms with Gasteiger partial charge in [0.05, 0.1) is 0 Å². The number of piperidine rings is 1. The first-order valence-corrected chi connectivity index (χ1v) is 8.05. The Morgan fingerprint density at radius 1 is 1.26 bits per heavy atom. The molecule has 124 valence electrons. The molecule has 5 heteroatoms. The maximum atomic E-state index is 12.0. The summed E-state index contributed by atoms with van der Waals surface area (Å²) < 4.78 is 5.02. The van der Waals surface area contributed by atoms with Crippen LogP contribution in [0.1, 0.15) is 24.8 Å². The van der Waals surface area contributed by atoms with E-state index >= 15 is 0 Å². The summed E-state index contributed by atoms with van der Waals surface area (Å²) in [7, 11) is 0. The summed E-state index contributed by atoms with van der Waals surface area (Å²) in [5.74, 6) is 0.0709. The van der Waals surface area contributed by atoms with Gasteiger partial charge in [-0.05, 0) is 24.8 Å². The van der Waals surface area contributed by atoms with E-state index in [0.717, 1.165) is 19.3 Å². The summed E-state index contributed by atoms with van der Waals surface area (Å²) in [6.45, 7) is 4.97. The molecule has 1 fully saturated rings. The summed E-state index contributed by atoms with van der Waals surface area (Å²) in [6, 6.07) is 10.1. The van der Waals surface area contributed by atoms with E-state index in [2.05, 4.69) is 11.9 Å². The summed E-state index contributed by atoms with van der Waals surface area (Å²) in [5, 5.41) is 3.06. The van der Waals surface area contributed by atoms with Gasteiger partial charge in [-0.3, -0.25) is 4.79 Å². The van der Waals surface area contributed by atoms with Gasteiger partial charge in [0.1, 0.15) is 6.61 Å². The third-order valence-electron chi connectivity index (χ3n) is 3.93. The second-order valence-electron chi connectivity index (χ2n) is 5.68. The van der Waals surface area contributed by atoms with E-state index in [1.165, 1.54) is 5.56 Å². The van der Waals surface area contributed by atoms with E-state index in [1.54, 1.807) is 11.0 Å². The van der Waals surface area contributed by atoms with E-state index in [1.807, 2.05) is 30.3 Å². The molecule has 0 unspecified atom stereocenters. The number of amides is 2. The van der Waals surface area contributed by atoms with Gasteiger partial charge in [-0.1, -0.05) is 43.0 Å². The molecule has 1 saturated heterocycles. The largest absolute Gasteiger partial charge is 0.445 e. The van der Waals surface area contributed by atoms with E-state index in [4.69, 9.17) is 4.74 Å². The molecule has 5 nitrogen and oxygen atoms in total. The van der Waals surface area contributed by atoms with Gasteiger partial charge in [-0.15, -0.1) is 0 Å². The molecule has 23 heavy (non-hydrogen) atoms. The Morgan fingerprint density at radius 2 is 1.96 bits per heavy atom. The monoisotopic (exact) mass is 316 g/mol. The zero-order chi connectivity index (χ0) is 16.5. The Bertz CT molecular complexity index is 522. The van der Waals surface area contributed by atoms with Crippen molar-refractivity contribution in [1.82, 2.24) is 10.2 Å². The van der Waals surface area contributed by atoms with Gasteiger partial charge in [-0.25, -0.2) is 4.79 Å². The summed E-state index contributed by atoms with van der Waals surface area (Å²) >= 11 is 0. The van der Waals surface area contributed by atoms with Crippen LogP contribution in [0.5, 0.6) is 0 Å². The van der Waals surface area contributed by atoms with Crippen molar-refractivity contribution >= 4 is 12.0 Å². The Balaban J connectivity index is 1.66. The lowest BCUT2D eigenvalue weighted by Crippen LogP contribution is -2.46. The van der Waals surface area contributed by atoms with Crippen LogP contribution in [0, 0.1) is 0 Å². The number of nitrogens with one attached hydrogen (secondary N) is 1. The van der Waals surface area contributed by atoms with Crippen LogP contribution >= 0.6 is 0 Å². The first kappa shape index (κ1) is 17.1. The van der Waals surface area contributed by atoms with Crippen molar-refractivity contribution in [3.63, 3.8) is 0 Å². The van der Waals surface area contributed by atoms with Crippen molar-refractivity contribution < 1.29 is 14.3 Å². The predicted molar refractivity (Wildman–Crippen MR) is 89.0 cm³/mol. The molecule has 1 aliphatic rings. The van der Waals surface area contributed by atoms with Crippen molar-refractivity contribution in [2.75, 3.05) is 19.7 Å². The Labute approximate surface area is 137 Å². The predicted octanol–water partition coefficient (Wildman–Crippen LogP) is 2.52. The molecular weight excluding hydrogens is 292 g/mol. The molecular formula is C18H24N2O3. The Hall–Kier alpha value is -2.30. The molecule has 1 aliphatic heterocycles. The maximum Gasteiger partial charge on any atom is 0.410 e. The lowest BCUT2D eigenvalue weighted by molar-refractivity contribution is -0.122. The Morgan fingerprint density at radius 3 is 2.61 bits per heavy atom. The molecule has 0 saturated carbocycles. The summed E-state index contributed by atoms with van der Waals surface area (Å²) in [5.41, 5.74) is 1.17. The van der Waals surface area contributed by atoms with Gasteiger partial charge >= 0.3 is 6.09 Å². The van der Waals surface area contributed by atoms with Gasteiger partial charge in [0, 0.05) is 25.6 Å². The van der Waals surface area contributed by atoms with E-state index < -0.39 is 0 Å². The van der Waals surface area contributed by atoms with E-state index in [-0.39, 0.29) is 24.6 Å². The average Bonchev–Trinajstić information content (AvgIpc) is 2.59. The molecule has 0 spiro atoms. The molecule has 1 N–H and O–H groups in total. The van der Waals surface area contributed by atoms with Crippen molar-refractivity contribution in [3.05, 3.63) is 48.6 Å². The van der Waals surface area contributed by atoms with Crippen molar-refractivity contribution in [2.24, 2.45) is 0 Å². The molecule has 0 aliphatic carbocycles. The number of carbonyl (C=O) groups excluding carboxylic acids is 2. The van der Waals surface area contributed by atoms with Crippen molar-refractivity contribution in [2.45, 2.75) is 31.7 Å². The minimum atomic E-state index is -0.307. The molecule has 2 amide bonds. The highest BCUT2D eigenvalue weighted by atomic mass is 16.6. The van der Waals surface area contributed by atoms with Crippen LogP contribution in [0.4, 0.5) is 4.79 Å². The molecule has 1 aromatic rings. The fraction of sp³-hybridized carbons (Fsp3) is 0.444. The van der Waals surface area contributed by atoms with Crippen LogP contribution in [0.2, 0.25) is 0 Å². The van der Waals surface area contributed by atoms with Crippen LogP contribution < -0.4 is 5.32 Å². The van der Waals surface area contributed by atoms with Crippen LogP contribution in [-0.2, 0) is 16.0 Å². The standard InChI is InChI=1S/C18H24N2O3/c1-2-14-23-18(22)20-12-10-16(11-13-20)19-17(21)9-8-15-6-4-3-5-7-15/h2-7,16H,1,8-14H2,(H,19,21). The quantitative estimate of drug-likeness (QED) is 0.821. The highest BCUT2D eigenvalue weighted by Gasteiger charge is 2.24. The minimum Gasteiger partial charge on any atom is -0.445 e. The third-order valence-corrected chi connectivity index (χ3v) is 3.93. The second kappa shape index (κ2) is 8.98. The smallest absolute Gasteiger partial charge is 0.410 e. The van der Waals surface area contributed by atoms with Crippen molar-refractivity contribution in [1.29, 1.82) is 0 Å². The van der Waals surface area contributed by atoms with E-state index in [9.17, 15) is 9.59 Å². The number of nitrogens with zero attached hydrogens (tertiary/aromatic N) is 1. The van der Waals surface area contributed by atoms with Gasteiger partial charge in [0.25, 0.3) is 0 Å². The number of ether oxygens (including phenoxy) is 1. The fourth-order valence-corrected chi connectivity index (χ4v) is 2.63. The number of aryl methyl sites for hydroxylation is 1. The molecule has 0 radical (unpaired) electrons. The topological polar surface area (TPSA) is 58.6 Å². The third kappa shape index (κ3) is 5.77. The first-order valence-electron chi connectivity index (χ1n) is 8.05. The highest BCUT2D eigenvalue weighted by Crippen LogP contribution is 2.12. The molecule has 0 aromatic heterocycles. The first-order chi connectivity index (χ1) is 11.2. The number of hydrogen-bond donors (Lipinski definition) is 1.